The van der Waals surface area contributed by atoms with Crippen LogP contribution in [0.2, 0.25) is 0 Å². The minimum absolute atomic E-state index is 0. The van der Waals surface area contributed by atoms with E-state index in [9.17, 15) is 4.79 Å². The molecule has 118 valence electrons. The van der Waals surface area contributed by atoms with Crippen LogP contribution in [0, 0.1) is 11.8 Å². The van der Waals surface area contributed by atoms with Crippen LogP contribution in [0.25, 0.3) is 0 Å². The van der Waals surface area contributed by atoms with Crippen molar-refractivity contribution in [3.8, 4) is 0 Å². The van der Waals surface area contributed by atoms with Gasteiger partial charge in [0.05, 0.1) is 0 Å². The molecule has 0 spiro atoms. The zero-order valence-electron chi connectivity index (χ0n) is 13.1. The Kier molecular flexibility index (Phi) is 7.90. The highest BCUT2D eigenvalue weighted by molar-refractivity contribution is 5.85. The van der Waals surface area contributed by atoms with Crippen molar-refractivity contribution in [3.63, 3.8) is 0 Å². The van der Waals surface area contributed by atoms with E-state index in [2.05, 4.69) is 24.1 Å². The molecule has 1 amide bonds. The lowest BCUT2D eigenvalue weighted by atomic mass is 9.89. The summed E-state index contributed by atoms with van der Waals surface area (Å²) in [6.07, 6.45) is 8.25. The molecule has 2 rings (SSSR count). The van der Waals surface area contributed by atoms with Gasteiger partial charge in [0.15, 0.2) is 0 Å². The molecule has 0 radical (unpaired) electrons. The number of piperidine rings is 1. The fraction of sp³-hybridized carbons (Fsp3) is 0.938. The van der Waals surface area contributed by atoms with Gasteiger partial charge in [0.2, 0.25) is 5.91 Å². The third-order valence-electron chi connectivity index (χ3n) is 4.70. The van der Waals surface area contributed by atoms with E-state index in [0.717, 1.165) is 37.9 Å². The van der Waals surface area contributed by atoms with Gasteiger partial charge in [-0.05, 0) is 44.1 Å². The van der Waals surface area contributed by atoms with E-state index in [0.29, 0.717) is 11.9 Å². The molecule has 2 aliphatic rings. The predicted octanol–water partition coefficient (Wildman–Crippen LogP) is 3.23. The molecule has 2 fully saturated rings. The number of nitrogens with one attached hydrogen (secondary N) is 1. The zero-order valence-corrected chi connectivity index (χ0v) is 13.9. The van der Waals surface area contributed by atoms with Gasteiger partial charge in [0.1, 0.15) is 0 Å². The van der Waals surface area contributed by atoms with E-state index >= 15 is 0 Å². The molecule has 1 N–H and O–H groups in total. The first-order chi connectivity index (χ1) is 9.15. The Morgan fingerprint density at radius 1 is 1.25 bits per heavy atom. The van der Waals surface area contributed by atoms with E-state index < -0.39 is 0 Å². The van der Waals surface area contributed by atoms with Gasteiger partial charge in [-0.1, -0.05) is 26.7 Å². The number of halogens is 1. The molecule has 3 nitrogen and oxygen atoms in total. The van der Waals surface area contributed by atoms with Crippen LogP contribution in [0.3, 0.4) is 0 Å². The van der Waals surface area contributed by atoms with Crippen molar-refractivity contribution in [2.75, 3.05) is 19.6 Å². The molecular formula is C16H31ClN2O. The largest absolute Gasteiger partial charge is 0.343 e. The molecule has 0 saturated carbocycles. The summed E-state index contributed by atoms with van der Waals surface area (Å²) < 4.78 is 0. The summed E-state index contributed by atoms with van der Waals surface area (Å²) in [5.41, 5.74) is 0. The summed E-state index contributed by atoms with van der Waals surface area (Å²) in [5.74, 6) is 2.05. The normalized spacial score (nSPS) is 23.9. The van der Waals surface area contributed by atoms with Crippen molar-refractivity contribution in [3.05, 3.63) is 0 Å². The maximum Gasteiger partial charge on any atom is 0.224 e. The third-order valence-corrected chi connectivity index (χ3v) is 4.70. The maximum atomic E-state index is 12.2. The maximum absolute atomic E-state index is 12.2. The molecule has 0 aromatic carbocycles. The second kappa shape index (κ2) is 8.89. The Balaban J connectivity index is 0.00000200. The molecule has 2 aliphatic heterocycles. The quantitative estimate of drug-likeness (QED) is 0.845. The fourth-order valence-electron chi connectivity index (χ4n) is 3.31. The number of carbonyl (C=O) groups excluding carboxylic acids is 1. The summed E-state index contributed by atoms with van der Waals surface area (Å²) in [5, 5.41) is 3.42. The monoisotopic (exact) mass is 302 g/mol. The van der Waals surface area contributed by atoms with Crippen molar-refractivity contribution >= 4 is 18.3 Å². The number of rotatable bonds is 5. The van der Waals surface area contributed by atoms with Crippen LogP contribution >= 0.6 is 12.4 Å². The summed E-state index contributed by atoms with van der Waals surface area (Å²) in [4.78, 5) is 14.3. The van der Waals surface area contributed by atoms with Crippen LogP contribution in [-0.2, 0) is 4.79 Å². The van der Waals surface area contributed by atoms with E-state index in [1.807, 2.05) is 0 Å². The molecule has 1 unspecified atom stereocenters. The van der Waals surface area contributed by atoms with E-state index in [1.165, 1.54) is 38.5 Å². The molecule has 0 aromatic heterocycles. The van der Waals surface area contributed by atoms with Gasteiger partial charge in [-0.2, -0.15) is 0 Å². The van der Waals surface area contributed by atoms with Crippen molar-refractivity contribution in [2.24, 2.45) is 11.8 Å². The number of hydrogen-bond donors (Lipinski definition) is 1. The number of hydrogen-bond acceptors (Lipinski definition) is 2. The first-order valence-corrected chi connectivity index (χ1v) is 8.16. The summed E-state index contributed by atoms with van der Waals surface area (Å²) in [6.45, 7) is 7.68. The Hall–Kier alpha value is -0.280. The molecule has 2 saturated heterocycles. The lowest BCUT2D eigenvalue weighted by Gasteiger charge is -2.33. The van der Waals surface area contributed by atoms with Crippen LogP contribution in [0.15, 0.2) is 0 Å². The van der Waals surface area contributed by atoms with Crippen LogP contribution in [0.1, 0.15) is 58.8 Å². The second-order valence-corrected chi connectivity index (χ2v) is 6.79. The highest BCUT2D eigenvalue weighted by Gasteiger charge is 2.25. The van der Waals surface area contributed by atoms with Crippen molar-refractivity contribution in [1.29, 1.82) is 0 Å². The number of carbonyl (C=O) groups is 1. The lowest BCUT2D eigenvalue weighted by Crippen LogP contribution is -2.41. The topological polar surface area (TPSA) is 32.3 Å². The Morgan fingerprint density at radius 3 is 2.50 bits per heavy atom. The van der Waals surface area contributed by atoms with Gasteiger partial charge in [0.25, 0.3) is 0 Å². The second-order valence-electron chi connectivity index (χ2n) is 6.79. The van der Waals surface area contributed by atoms with Crippen LogP contribution in [0.5, 0.6) is 0 Å². The van der Waals surface area contributed by atoms with Gasteiger partial charge in [-0.15, -0.1) is 12.4 Å². The highest BCUT2D eigenvalue weighted by Crippen LogP contribution is 2.24. The summed E-state index contributed by atoms with van der Waals surface area (Å²) >= 11 is 0. The van der Waals surface area contributed by atoms with Gasteiger partial charge in [-0.3, -0.25) is 4.79 Å². The van der Waals surface area contributed by atoms with Crippen molar-refractivity contribution in [2.45, 2.75) is 64.8 Å². The van der Waals surface area contributed by atoms with E-state index in [4.69, 9.17) is 0 Å². The smallest absolute Gasteiger partial charge is 0.224 e. The SMILES string of the molecule is CC(C)CCC1CCN(C(=O)CC2CCCN2)CC1.Cl. The van der Waals surface area contributed by atoms with Gasteiger partial charge >= 0.3 is 0 Å². The average Bonchev–Trinajstić information content (AvgIpc) is 2.89. The fourth-order valence-corrected chi connectivity index (χ4v) is 3.31. The summed E-state index contributed by atoms with van der Waals surface area (Å²) in [6, 6.07) is 0.450. The minimum Gasteiger partial charge on any atom is -0.343 e. The first kappa shape index (κ1) is 17.8. The lowest BCUT2D eigenvalue weighted by molar-refractivity contribution is -0.133. The van der Waals surface area contributed by atoms with Gasteiger partial charge in [0, 0.05) is 25.6 Å². The van der Waals surface area contributed by atoms with E-state index in [-0.39, 0.29) is 12.4 Å². The third kappa shape index (κ3) is 5.61. The van der Waals surface area contributed by atoms with Crippen LogP contribution in [0.4, 0.5) is 0 Å². The van der Waals surface area contributed by atoms with Crippen molar-refractivity contribution in [1.82, 2.24) is 10.2 Å². The highest BCUT2D eigenvalue weighted by atomic mass is 35.5. The van der Waals surface area contributed by atoms with Crippen molar-refractivity contribution < 1.29 is 4.79 Å². The van der Waals surface area contributed by atoms with Gasteiger partial charge < -0.3 is 10.2 Å². The molecule has 4 heteroatoms. The Morgan fingerprint density at radius 2 is 1.95 bits per heavy atom. The number of likely N-dealkylation sites (tertiary alicyclic amines) is 1. The van der Waals surface area contributed by atoms with Gasteiger partial charge in [-0.25, -0.2) is 0 Å². The first-order valence-electron chi connectivity index (χ1n) is 8.16. The molecular weight excluding hydrogens is 272 g/mol. The number of amides is 1. The molecule has 0 aliphatic carbocycles. The standard InChI is InChI=1S/C16H30N2O.ClH/c1-13(2)5-6-14-7-10-18(11-8-14)16(19)12-15-4-3-9-17-15;/h13-15,17H,3-12H2,1-2H3;1H. The Labute approximate surface area is 130 Å². The molecule has 0 aromatic rings. The Bertz CT molecular complexity index is 282. The number of nitrogens with zero attached hydrogens (tertiary/aromatic N) is 1. The van der Waals surface area contributed by atoms with Crippen LogP contribution < -0.4 is 5.32 Å². The van der Waals surface area contributed by atoms with Crippen LogP contribution in [-0.4, -0.2) is 36.5 Å². The molecule has 20 heavy (non-hydrogen) atoms. The summed E-state index contributed by atoms with van der Waals surface area (Å²) in [7, 11) is 0. The van der Waals surface area contributed by atoms with E-state index in [1.54, 1.807) is 0 Å². The average molecular weight is 303 g/mol. The molecule has 1 atom stereocenters. The predicted molar refractivity (Wildman–Crippen MR) is 86.3 cm³/mol. The zero-order chi connectivity index (χ0) is 13.7. The molecule has 2 heterocycles. The molecule has 0 bridgehead atoms. The minimum atomic E-state index is 0.